The second kappa shape index (κ2) is 7.65. The van der Waals surface area contributed by atoms with Crippen LogP contribution in [-0.2, 0) is 9.59 Å². The van der Waals surface area contributed by atoms with E-state index < -0.39 is 0 Å². The maximum absolute atomic E-state index is 11.8. The van der Waals surface area contributed by atoms with Crippen molar-refractivity contribution in [2.45, 2.75) is 33.6 Å². The van der Waals surface area contributed by atoms with Crippen LogP contribution in [-0.4, -0.2) is 24.9 Å². The Balaban J connectivity index is 2.53. The molecule has 0 aromatic heterocycles. The van der Waals surface area contributed by atoms with Crippen molar-refractivity contribution in [1.29, 1.82) is 0 Å². The second-order valence-electron chi connectivity index (χ2n) is 4.99. The van der Waals surface area contributed by atoms with Crippen LogP contribution < -0.4 is 16.4 Å². The van der Waals surface area contributed by atoms with Crippen LogP contribution in [0, 0.1) is 20.8 Å². The van der Waals surface area contributed by atoms with Crippen molar-refractivity contribution < 1.29 is 9.59 Å². The van der Waals surface area contributed by atoms with E-state index in [0.717, 1.165) is 22.4 Å². The number of carbonyl (C=O) groups excluding carboxylic acids is 2. The average molecular weight is 277 g/mol. The predicted molar refractivity (Wildman–Crippen MR) is 80.6 cm³/mol. The van der Waals surface area contributed by atoms with Crippen LogP contribution in [0.2, 0.25) is 0 Å². The summed E-state index contributed by atoms with van der Waals surface area (Å²) in [7, 11) is 0. The van der Waals surface area contributed by atoms with E-state index in [4.69, 9.17) is 5.73 Å². The minimum atomic E-state index is -0.221. The minimum absolute atomic E-state index is 0.0177. The Bertz CT molecular complexity index is 475. The molecule has 0 saturated heterocycles. The van der Waals surface area contributed by atoms with E-state index in [9.17, 15) is 9.59 Å². The number of rotatable bonds is 6. The first-order valence-corrected chi connectivity index (χ1v) is 6.78. The van der Waals surface area contributed by atoms with Gasteiger partial charge in [-0.1, -0.05) is 17.7 Å². The van der Waals surface area contributed by atoms with Gasteiger partial charge in [0.05, 0.1) is 6.54 Å². The number of aryl methyl sites for hydroxylation is 3. The summed E-state index contributed by atoms with van der Waals surface area (Å²) in [5, 5.41) is 5.42. The summed E-state index contributed by atoms with van der Waals surface area (Å²) in [5.41, 5.74) is 9.34. The van der Waals surface area contributed by atoms with E-state index in [1.165, 1.54) is 0 Å². The lowest BCUT2D eigenvalue weighted by molar-refractivity contribution is -0.124. The topological polar surface area (TPSA) is 84.2 Å². The number of amides is 2. The first-order valence-electron chi connectivity index (χ1n) is 6.78. The number of nitrogens with one attached hydrogen (secondary N) is 2. The molecule has 0 aliphatic rings. The molecule has 0 aliphatic heterocycles. The van der Waals surface area contributed by atoms with Crippen LogP contribution in [0.1, 0.15) is 29.5 Å². The first-order chi connectivity index (χ1) is 9.43. The molecular formula is C15H23N3O2. The van der Waals surface area contributed by atoms with E-state index in [1.54, 1.807) is 0 Å². The fraction of sp³-hybridized carbons (Fsp3) is 0.467. The highest BCUT2D eigenvalue weighted by Gasteiger charge is 2.09. The number of nitrogens with two attached hydrogens (primary N) is 1. The molecule has 110 valence electrons. The zero-order valence-corrected chi connectivity index (χ0v) is 12.4. The van der Waals surface area contributed by atoms with Gasteiger partial charge in [0, 0.05) is 12.1 Å². The minimum Gasteiger partial charge on any atom is -0.347 e. The lowest BCUT2D eigenvalue weighted by Crippen LogP contribution is -2.33. The maximum Gasteiger partial charge on any atom is 0.243 e. The molecule has 0 spiro atoms. The van der Waals surface area contributed by atoms with Gasteiger partial charge in [0.1, 0.15) is 0 Å². The lowest BCUT2D eigenvalue weighted by Gasteiger charge is -2.13. The Kier molecular flexibility index (Phi) is 6.18. The molecule has 0 unspecified atom stereocenters. The van der Waals surface area contributed by atoms with Gasteiger partial charge < -0.3 is 16.4 Å². The van der Waals surface area contributed by atoms with Crippen LogP contribution >= 0.6 is 0 Å². The van der Waals surface area contributed by atoms with Gasteiger partial charge in [0.2, 0.25) is 11.8 Å². The number of anilines is 1. The zero-order chi connectivity index (χ0) is 15.1. The Morgan fingerprint density at radius 3 is 2.25 bits per heavy atom. The lowest BCUT2D eigenvalue weighted by atomic mass is 10.1. The summed E-state index contributed by atoms with van der Waals surface area (Å²) >= 11 is 0. The highest BCUT2D eigenvalue weighted by Crippen LogP contribution is 2.21. The molecule has 0 aliphatic carbocycles. The van der Waals surface area contributed by atoms with Crippen LogP contribution in [0.5, 0.6) is 0 Å². The van der Waals surface area contributed by atoms with Crippen LogP contribution in [0.15, 0.2) is 12.1 Å². The Morgan fingerprint density at radius 2 is 1.70 bits per heavy atom. The van der Waals surface area contributed by atoms with Gasteiger partial charge in [-0.25, -0.2) is 0 Å². The number of benzene rings is 1. The van der Waals surface area contributed by atoms with Crippen molar-refractivity contribution in [3.63, 3.8) is 0 Å². The first kappa shape index (κ1) is 16.2. The normalized spacial score (nSPS) is 10.2. The molecule has 1 rings (SSSR count). The summed E-state index contributed by atoms with van der Waals surface area (Å²) < 4.78 is 0. The molecule has 4 N–H and O–H groups in total. The van der Waals surface area contributed by atoms with Gasteiger partial charge in [-0.2, -0.15) is 0 Å². The molecule has 0 saturated carbocycles. The number of hydrogen-bond acceptors (Lipinski definition) is 3. The van der Waals surface area contributed by atoms with Crippen molar-refractivity contribution in [3.05, 3.63) is 28.8 Å². The van der Waals surface area contributed by atoms with Gasteiger partial charge in [0.25, 0.3) is 0 Å². The van der Waals surface area contributed by atoms with Gasteiger partial charge >= 0.3 is 0 Å². The molecule has 0 fully saturated rings. The summed E-state index contributed by atoms with van der Waals surface area (Å²) in [6.45, 7) is 6.38. The Hall–Kier alpha value is -1.88. The molecule has 0 heterocycles. The fourth-order valence-electron chi connectivity index (χ4n) is 2.09. The Labute approximate surface area is 119 Å². The summed E-state index contributed by atoms with van der Waals surface area (Å²) in [4.78, 5) is 23.2. The van der Waals surface area contributed by atoms with Crippen molar-refractivity contribution in [2.75, 3.05) is 18.4 Å². The third-order valence-corrected chi connectivity index (χ3v) is 3.00. The maximum atomic E-state index is 11.8. The zero-order valence-electron chi connectivity index (χ0n) is 12.4. The van der Waals surface area contributed by atoms with Crippen LogP contribution in [0.25, 0.3) is 0 Å². The quantitative estimate of drug-likeness (QED) is 0.735. The third kappa shape index (κ3) is 5.01. The van der Waals surface area contributed by atoms with E-state index >= 15 is 0 Å². The standard InChI is InChI=1S/C15H23N3O2/c1-10-7-11(2)15(12(3)8-10)18-14(20)9-17-13(19)5-4-6-16/h7-8H,4-6,9,16H2,1-3H3,(H,17,19)(H,18,20). The summed E-state index contributed by atoms with van der Waals surface area (Å²) in [5.74, 6) is -0.371. The van der Waals surface area contributed by atoms with Crippen molar-refractivity contribution in [3.8, 4) is 0 Å². The number of hydrogen-bond donors (Lipinski definition) is 3. The monoisotopic (exact) mass is 277 g/mol. The van der Waals surface area contributed by atoms with Gasteiger partial charge in [0.15, 0.2) is 0 Å². The van der Waals surface area contributed by atoms with Gasteiger partial charge in [-0.05, 0) is 44.9 Å². The Morgan fingerprint density at radius 1 is 1.10 bits per heavy atom. The summed E-state index contributed by atoms with van der Waals surface area (Å²) in [6.07, 6.45) is 0.982. The third-order valence-electron chi connectivity index (χ3n) is 3.00. The van der Waals surface area contributed by atoms with Crippen molar-refractivity contribution >= 4 is 17.5 Å². The molecular weight excluding hydrogens is 254 g/mol. The molecule has 2 amide bonds. The molecule has 1 aromatic rings. The SMILES string of the molecule is Cc1cc(C)c(NC(=O)CNC(=O)CCCN)c(C)c1. The van der Waals surface area contributed by atoms with E-state index in [1.807, 2.05) is 32.9 Å². The van der Waals surface area contributed by atoms with E-state index in [2.05, 4.69) is 10.6 Å². The molecule has 20 heavy (non-hydrogen) atoms. The molecule has 5 nitrogen and oxygen atoms in total. The van der Waals surface area contributed by atoms with E-state index in [0.29, 0.717) is 19.4 Å². The van der Waals surface area contributed by atoms with Crippen LogP contribution in [0.3, 0.4) is 0 Å². The van der Waals surface area contributed by atoms with Crippen LogP contribution in [0.4, 0.5) is 5.69 Å². The van der Waals surface area contributed by atoms with E-state index in [-0.39, 0.29) is 18.4 Å². The largest absolute Gasteiger partial charge is 0.347 e. The number of carbonyl (C=O) groups is 2. The summed E-state index contributed by atoms with van der Waals surface area (Å²) in [6, 6.07) is 4.03. The molecule has 1 aromatic carbocycles. The fourth-order valence-corrected chi connectivity index (χ4v) is 2.09. The highest BCUT2D eigenvalue weighted by molar-refractivity contribution is 5.95. The predicted octanol–water partition coefficient (Wildman–Crippen LogP) is 1.41. The molecule has 0 atom stereocenters. The second-order valence-corrected chi connectivity index (χ2v) is 4.99. The van der Waals surface area contributed by atoms with Crippen molar-refractivity contribution in [1.82, 2.24) is 5.32 Å². The molecule has 0 radical (unpaired) electrons. The van der Waals surface area contributed by atoms with Gasteiger partial charge in [-0.3, -0.25) is 9.59 Å². The highest BCUT2D eigenvalue weighted by atomic mass is 16.2. The molecule has 0 bridgehead atoms. The van der Waals surface area contributed by atoms with Gasteiger partial charge in [-0.15, -0.1) is 0 Å². The molecule has 5 heteroatoms. The average Bonchev–Trinajstić information content (AvgIpc) is 2.38. The smallest absolute Gasteiger partial charge is 0.243 e. The van der Waals surface area contributed by atoms with Crippen molar-refractivity contribution in [2.24, 2.45) is 5.73 Å².